The lowest BCUT2D eigenvalue weighted by Crippen LogP contribution is -2.38. The van der Waals surface area contributed by atoms with Gasteiger partial charge in [-0.2, -0.15) is 17.5 Å². The van der Waals surface area contributed by atoms with Gasteiger partial charge in [0, 0.05) is 12.6 Å². The zero-order valence-corrected chi connectivity index (χ0v) is 12.3. The summed E-state index contributed by atoms with van der Waals surface area (Å²) in [6, 6.07) is 1.11. The molecule has 0 atom stereocenters. The van der Waals surface area contributed by atoms with Gasteiger partial charge < -0.3 is 10.2 Å². The number of sulfonamides is 1. The van der Waals surface area contributed by atoms with Crippen LogP contribution in [-0.4, -0.2) is 32.0 Å². The average Bonchev–Trinajstić information content (AvgIpc) is 2.66. The van der Waals surface area contributed by atoms with Gasteiger partial charge in [0.2, 0.25) is 10.0 Å². The minimum Gasteiger partial charge on any atom is -0.452 e. The lowest BCUT2D eigenvalue weighted by molar-refractivity contribution is -0.135. The molecular weight excluding hydrogens is 353 g/mol. The van der Waals surface area contributed by atoms with Crippen LogP contribution in [0.3, 0.4) is 0 Å². The molecule has 0 aromatic carbocycles. The van der Waals surface area contributed by atoms with Crippen molar-refractivity contribution in [2.24, 2.45) is 5.73 Å². The van der Waals surface area contributed by atoms with E-state index in [4.69, 9.17) is 10.2 Å². The lowest BCUT2D eigenvalue weighted by atomic mass is 10.5. The number of furan rings is 1. The van der Waals surface area contributed by atoms with Crippen molar-refractivity contribution in [3.05, 3.63) is 16.5 Å². The number of rotatable bonds is 5. The topological polar surface area (TPSA) is 76.5 Å². The summed E-state index contributed by atoms with van der Waals surface area (Å²) in [4.78, 5) is -0.362. The zero-order valence-electron chi connectivity index (χ0n) is 9.87. The van der Waals surface area contributed by atoms with Crippen LogP contribution in [0.15, 0.2) is 20.0 Å². The molecule has 0 fully saturated rings. The van der Waals surface area contributed by atoms with E-state index in [0.29, 0.717) is 4.31 Å². The number of halogens is 4. The predicted molar refractivity (Wildman–Crippen MR) is 64.8 cm³/mol. The van der Waals surface area contributed by atoms with Crippen LogP contribution in [0.4, 0.5) is 13.2 Å². The first-order valence-corrected chi connectivity index (χ1v) is 7.40. The van der Waals surface area contributed by atoms with E-state index in [1.165, 1.54) is 6.92 Å². The third-order valence-electron chi connectivity index (χ3n) is 2.23. The third kappa shape index (κ3) is 3.94. The third-order valence-corrected chi connectivity index (χ3v) is 5.01. The Bertz CT molecular complexity index is 541. The van der Waals surface area contributed by atoms with E-state index < -0.39 is 22.7 Å². The average molecular weight is 365 g/mol. The first-order chi connectivity index (χ1) is 8.61. The minimum absolute atomic E-state index is 0.0560. The molecule has 110 valence electrons. The summed E-state index contributed by atoms with van der Waals surface area (Å²) in [5, 5.41) is 0. The van der Waals surface area contributed by atoms with E-state index in [9.17, 15) is 21.6 Å². The monoisotopic (exact) mass is 364 g/mol. The van der Waals surface area contributed by atoms with Crippen LogP contribution in [0.25, 0.3) is 0 Å². The Morgan fingerprint density at radius 2 is 2.05 bits per heavy atom. The highest BCUT2D eigenvalue weighted by molar-refractivity contribution is 9.10. The Morgan fingerprint density at radius 1 is 1.47 bits per heavy atom. The van der Waals surface area contributed by atoms with E-state index >= 15 is 0 Å². The second-order valence-corrected chi connectivity index (χ2v) is 6.23. The Hall–Kier alpha value is -0.580. The summed E-state index contributed by atoms with van der Waals surface area (Å²) in [7, 11) is -4.29. The molecule has 0 radical (unpaired) electrons. The fraction of sp³-hybridized carbons (Fsp3) is 0.556. The van der Waals surface area contributed by atoms with Gasteiger partial charge in [-0.1, -0.05) is 6.92 Å². The van der Waals surface area contributed by atoms with Crippen LogP contribution in [0.5, 0.6) is 0 Å². The summed E-state index contributed by atoms with van der Waals surface area (Å²) in [6.45, 7) is -0.598. The standard InChI is InChI=1S/C9H12BrF3N2O3S/c1-2-15(5-9(11,12)13)19(16,17)7-3-6(4-14)18-8(7)10/h3H,2,4-5,14H2,1H3. The molecule has 0 saturated carbocycles. The fourth-order valence-electron chi connectivity index (χ4n) is 1.38. The van der Waals surface area contributed by atoms with Crippen LogP contribution in [-0.2, 0) is 16.6 Å². The molecule has 5 nitrogen and oxygen atoms in total. The molecular formula is C9H12BrF3N2O3S. The molecule has 0 aliphatic heterocycles. The summed E-state index contributed by atoms with van der Waals surface area (Å²) >= 11 is 2.86. The second-order valence-electron chi connectivity index (χ2n) is 3.60. The van der Waals surface area contributed by atoms with Crippen molar-refractivity contribution in [3.8, 4) is 0 Å². The van der Waals surface area contributed by atoms with Gasteiger partial charge in [-0.3, -0.25) is 0 Å². The summed E-state index contributed by atoms with van der Waals surface area (Å²) in [5.41, 5.74) is 5.28. The van der Waals surface area contributed by atoms with Crippen LogP contribution in [0.1, 0.15) is 12.7 Å². The van der Waals surface area contributed by atoms with Crippen molar-refractivity contribution in [1.82, 2.24) is 4.31 Å². The zero-order chi connectivity index (χ0) is 14.8. The van der Waals surface area contributed by atoms with E-state index in [2.05, 4.69) is 15.9 Å². The fourth-order valence-corrected chi connectivity index (χ4v) is 3.78. The molecule has 0 spiro atoms. The number of alkyl halides is 3. The van der Waals surface area contributed by atoms with Gasteiger partial charge in [0.15, 0.2) is 4.67 Å². The molecule has 1 heterocycles. The lowest BCUT2D eigenvalue weighted by Gasteiger charge is -2.21. The van der Waals surface area contributed by atoms with Crippen molar-refractivity contribution < 1.29 is 26.0 Å². The molecule has 19 heavy (non-hydrogen) atoms. The number of hydrogen-bond acceptors (Lipinski definition) is 4. The maximum absolute atomic E-state index is 12.3. The van der Waals surface area contributed by atoms with Crippen LogP contribution >= 0.6 is 15.9 Å². The largest absolute Gasteiger partial charge is 0.452 e. The van der Waals surface area contributed by atoms with Gasteiger partial charge in [-0.15, -0.1) is 0 Å². The highest BCUT2D eigenvalue weighted by Gasteiger charge is 2.37. The Balaban J connectivity index is 3.17. The highest BCUT2D eigenvalue weighted by atomic mass is 79.9. The smallest absolute Gasteiger partial charge is 0.402 e. The molecule has 0 saturated heterocycles. The SMILES string of the molecule is CCN(CC(F)(F)F)S(=O)(=O)c1cc(CN)oc1Br. The van der Waals surface area contributed by atoms with Crippen molar-refractivity contribution in [2.75, 3.05) is 13.1 Å². The van der Waals surface area contributed by atoms with Gasteiger partial charge in [0.25, 0.3) is 0 Å². The minimum atomic E-state index is -4.62. The Kier molecular flexibility index (Phi) is 5.04. The molecule has 2 N–H and O–H groups in total. The van der Waals surface area contributed by atoms with Crippen LogP contribution < -0.4 is 5.73 Å². The summed E-state index contributed by atoms with van der Waals surface area (Å²) in [5.74, 6) is 0.161. The van der Waals surface area contributed by atoms with E-state index in [1.807, 2.05) is 0 Å². The maximum atomic E-state index is 12.3. The van der Waals surface area contributed by atoms with Gasteiger partial charge in [0.05, 0.1) is 6.54 Å². The van der Waals surface area contributed by atoms with E-state index in [1.54, 1.807) is 0 Å². The molecule has 0 aliphatic rings. The first-order valence-electron chi connectivity index (χ1n) is 5.17. The number of hydrogen-bond donors (Lipinski definition) is 1. The molecule has 0 amide bonds. The quantitative estimate of drug-likeness (QED) is 0.867. The molecule has 10 heteroatoms. The van der Waals surface area contributed by atoms with Gasteiger partial charge >= 0.3 is 6.18 Å². The van der Waals surface area contributed by atoms with Crippen molar-refractivity contribution in [1.29, 1.82) is 0 Å². The van der Waals surface area contributed by atoms with Crippen LogP contribution in [0.2, 0.25) is 0 Å². The van der Waals surface area contributed by atoms with Crippen LogP contribution in [0, 0.1) is 0 Å². The molecule has 1 aromatic rings. The molecule has 0 aliphatic carbocycles. The molecule has 1 rings (SSSR count). The number of nitrogens with zero attached hydrogens (tertiary/aromatic N) is 1. The van der Waals surface area contributed by atoms with Gasteiger partial charge in [0.1, 0.15) is 17.2 Å². The van der Waals surface area contributed by atoms with Gasteiger partial charge in [-0.05, 0) is 15.9 Å². The first kappa shape index (κ1) is 16.5. The Morgan fingerprint density at radius 3 is 2.42 bits per heavy atom. The normalized spacial score (nSPS) is 13.2. The van der Waals surface area contributed by atoms with E-state index in [-0.39, 0.29) is 28.4 Å². The molecule has 0 unspecified atom stereocenters. The predicted octanol–water partition coefficient (Wildman–Crippen LogP) is 2.07. The molecule has 1 aromatic heterocycles. The van der Waals surface area contributed by atoms with Crippen molar-refractivity contribution in [2.45, 2.75) is 24.5 Å². The van der Waals surface area contributed by atoms with Crippen molar-refractivity contribution >= 4 is 26.0 Å². The second kappa shape index (κ2) is 5.81. The van der Waals surface area contributed by atoms with E-state index in [0.717, 1.165) is 6.07 Å². The van der Waals surface area contributed by atoms with Gasteiger partial charge in [-0.25, -0.2) is 8.42 Å². The summed E-state index contributed by atoms with van der Waals surface area (Å²) < 4.78 is 66.4. The highest BCUT2D eigenvalue weighted by Crippen LogP contribution is 2.30. The molecule has 0 bridgehead atoms. The number of nitrogens with two attached hydrogens (primary N) is 1. The van der Waals surface area contributed by atoms with Crippen molar-refractivity contribution in [3.63, 3.8) is 0 Å². The Labute approximate surface area is 116 Å². The summed E-state index contributed by atoms with van der Waals surface area (Å²) in [6.07, 6.45) is -4.62. The maximum Gasteiger partial charge on any atom is 0.402 e.